The molecule has 0 saturated heterocycles. The Balaban J connectivity index is 0. The van der Waals surface area contributed by atoms with Crippen LogP contribution in [0.15, 0.2) is 0 Å². The number of rotatable bonds is 2. The third kappa shape index (κ3) is 9.32. The van der Waals surface area contributed by atoms with Crippen LogP contribution in [0.5, 0.6) is 0 Å². The summed E-state index contributed by atoms with van der Waals surface area (Å²) in [5, 5.41) is 8.04. The standard InChI is InChI=1S/C4H9NO2.BrH/c1-5(2)3-4(6)7;/h3H2,1-2H3,(H,6,7);1H. The van der Waals surface area contributed by atoms with Crippen molar-refractivity contribution in [3.8, 4) is 0 Å². The van der Waals surface area contributed by atoms with Crippen molar-refractivity contribution in [2.24, 2.45) is 0 Å². The van der Waals surface area contributed by atoms with Gasteiger partial charge < -0.3 is 5.11 Å². The molecule has 0 aromatic carbocycles. The van der Waals surface area contributed by atoms with Gasteiger partial charge in [-0.3, -0.25) is 9.69 Å². The molecule has 0 aromatic heterocycles. The first-order valence-corrected chi connectivity index (χ1v) is 1.99. The second-order valence-corrected chi connectivity index (χ2v) is 1.63. The Hall–Kier alpha value is -0.0900. The van der Waals surface area contributed by atoms with E-state index < -0.39 is 5.97 Å². The van der Waals surface area contributed by atoms with Gasteiger partial charge in [-0.15, -0.1) is 17.0 Å². The topological polar surface area (TPSA) is 40.5 Å². The Morgan fingerprint density at radius 2 is 2.00 bits per heavy atom. The number of carboxylic acids is 1. The van der Waals surface area contributed by atoms with Crippen LogP contribution in [-0.4, -0.2) is 36.6 Å². The van der Waals surface area contributed by atoms with E-state index in [0.717, 1.165) is 0 Å². The van der Waals surface area contributed by atoms with Crippen LogP contribution in [-0.2, 0) is 4.79 Å². The van der Waals surface area contributed by atoms with Crippen LogP contribution >= 0.6 is 17.0 Å². The van der Waals surface area contributed by atoms with Gasteiger partial charge in [0.15, 0.2) is 0 Å². The van der Waals surface area contributed by atoms with E-state index in [9.17, 15) is 4.79 Å². The molecule has 0 saturated carbocycles. The van der Waals surface area contributed by atoms with Crippen LogP contribution in [0.1, 0.15) is 0 Å². The Labute approximate surface area is 59.1 Å². The summed E-state index contributed by atoms with van der Waals surface area (Å²) in [6.07, 6.45) is 0. The molecule has 0 unspecified atom stereocenters. The van der Waals surface area contributed by atoms with Gasteiger partial charge >= 0.3 is 5.97 Å². The summed E-state index contributed by atoms with van der Waals surface area (Å²) in [6.45, 7) is 0.111. The zero-order chi connectivity index (χ0) is 5.86. The van der Waals surface area contributed by atoms with Gasteiger partial charge in [0, 0.05) is 0 Å². The van der Waals surface area contributed by atoms with Crippen molar-refractivity contribution in [3.63, 3.8) is 0 Å². The largest absolute Gasteiger partial charge is 0.480 e. The number of carboxylic acid groups (broad SMARTS) is 1. The number of hydrogen-bond donors (Lipinski definition) is 1. The summed E-state index contributed by atoms with van der Waals surface area (Å²) < 4.78 is 0. The van der Waals surface area contributed by atoms with E-state index >= 15 is 0 Å². The van der Waals surface area contributed by atoms with Gasteiger partial charge in [-0.05, 0) is 14.1 Å². The van der Waals surface area contributed by atoms with Gasteiger partial charge in [0.1, 0.15) is 0 Å². The lowest BCUT2D eigenvalue weighted by Gasteiger charge is -2.01. The molecule has 3 nitrogen and oxygen atoms in total. The Morgan fingerprint density at radius 1 is 1.62 bits per heavy atom. The van der Waals surface area contributed by atoms with Crippen molar-refractivity contribution in [1.29, 1.82) is 0 Å². The molecule has 0 aromatic rings. The van der Waals surface area contributed by atoms with Crippen LogP contribution in [0.25, 0.3) is 0 Å². The van der Waals surface area contributed by atoms with E-state index in [1.54, 1.807) is 19.0 Å². The summed E-state index contributed by atoms with van der Waals surface area (Å²) in [6, 6.07) is 0. The summed E-state index contributed by atoms with van der Waals surface area (Å²) in [5.41, 5.74) is 0. The minimum atomic E-state index is -0.787. The summed E-state index contributed by atoms with van der Waals surface area (Å²) in [5.74, 6) is -0.787. The van der Waals surface area contributed by atoms with Gasteiger partial charge in [-0.2, -0.15) is 0 Å². The predicted molar refractivity (Wildman–Crippen MR) is 36.5 cm³/mol. The lowest BCUT2D eigenvalue weighted by molar-refractivity contribution is -0.137. The fourth-order valence-corrected chi connectivity index (χ4v) is 0.271. The molecule has 4 heteroatoms. The van der Waals surface area contributed by atoms with Gasteiger partial charge in [0.25, 0.3) is 0 Å². The summed E-state index contributed by atoms with van der Waals surface area (Å²) in [4.78, 5) is 11.4. The quantitative estimate of drug-likeness (QED) is 0.666. The second kappa shape index (κ2) is 5.05. The highest BCUT2D eigenvalue weighted by Gasteiger charge is 1.94. The molecule has 0 rings (SSSR count). The molecular weight excluding hydrogens is 174 g/mol. The number of likely N-dealkylation sites (N-methyl/N-ethyl adjacent to an activating group) is 1. The highest BCUT2D eigenvalue weighted by molar-refractivity contribution is 8.93. The molecule has 0 aliphatic rings. The fraction of sp³-hybridized carbons (Fsp3) is 0.750. The van der Waals surface area contributed by atoms with Gasteiger partial charge in [0.05, 0.1) is 6.54 Å². The Bertz CT molecular complexity index is 74.4. The zero-order valence-corrected chi connectivity index (χ0v) is 6.63. The van der Waals surface area contributed by atoms with Crippen LogP contribution in [0.4, 0.5) is 0 Å². The van der Waals surface area contributed by atoms with Gasteiger partial charge in [0.2, 0.25) is 0 Å². The number of nitrogens with zero attached hydrogens (tertiary/aromatic N) is 1. The van der Waals surface area contributed by atoms with E-state index in [2.05, 4.69) is 0 Å². The lowest BCUT2D eigenvalue weighted by atomic mass is 10.6. The third-order valence-electron chi connectivity index (χ3n) is 0.451. The minimum Gasteiger partial charge on any atom is -0.480 e. The maximum atomic E-state index is 9.77. The maximum Gasteiger partial charge on any atom is 0.317 e. The van der Waals surface area contributed by atoms with E-state index in [1.807, 2.05) is 0 Å². The van der Waals surface area contributed by atoms with E-state index in [-0.39, 0.29) is 23.5 Å². The first kappa shape index (κ1) is 10.8. The Morgan fingerprint density at radius 3 is 2.00 bits per heavy atom. The highest BCUT2D eigenvalue weighted by Crippen LogP contribution is 1.69. The maximum absolute atomic E-state index is 9.77. The molecule has 0 fully saturated rings. The second-order valence-electron chi connectivity index (χ2n) is 1.63. The van der Waals surface area contributed by atoms with E-state index in [0.29, 0.717) is 0 Å². The number of halogens is 1. The first-order valence-electron chi connectivity index (χ1n) is 1.99. The van der Waals surface area contributed by atoms with Crippen molar-refractivity contribution in [2.45, 2.75) is 0 Å². The van der Waals surface area contributed by atoms with Crippen molar-refractivity contribution in [2.75, 3.05) is 20.6 Å². The Kier molecular flexibility index (Phi) is 6.83. The highest BCUT2D eigenvalue weighted by atomic mass is 79.9. The van der Waals surface area contributed by atoms with Crippen LogP contribution in [0.3, 0.4) is 0 Å². The van der Waals surface area contributed by atoms with Crippen LogP contribution in [0.2, 0.25) is 0 Å². The minimum absolute atomic E-state index is 0. The summed E-state index contributed by atoms with van der Waals surface area (Å²) in [7, 11) is 3.43. The van der Waals surface area contributed by atoms with E-state index in [1.165, 1.54) is 0 Å². The fourth-order valence-electron chi connectivity index (χ4n) is 0.271. The van der Waals surface area contributed by atoms with Crippen molar-refractivity contribution < 1.29 is 9.90 Å². The first-order chi connectivity index (χ1) is 3.13. The molecule has 0 aliphatic carbocycles. The van der Waals surface area contributed by atoms with Crippen LogP contribution in [0, 0.1) is 0 Å². The molecule has 50 valence electrons. The number of carbonyl (C=O) groups is 1. The molecule has 0 bridgehead atoms. The normalized spacial score (nSPS) is 8.38. The van der Waals surface area contributed by atoms with Crippen molar-refractivity contribution in [3.05, 3.63) is 0 Å². The van der Waals surface area contributed by atoms with Gasteiger partial charge in [-0.1, -0.05) is 0 Å². The summed E-state index contributed by atoms with van der Waals surface area (Å²) >= 11 is 0. The van der Waals surface area contributed by atoms with Crippen LogP contribution < -0.4 is 0 Å². The predicted octanol–water partition coefficient (Wildman–Crippen LogP) is 0.211. The molecule has 0 atom stereocenters. The molecular formula is C4H10BrNO2. The smallest absolute Gasteiger partial charge is 0.317 e. The third-order valence-corrected chi connectivity index (χ3v) is 0.451. The van der Waals surface area contributed by atoms with E-state index in [4.69, 9.17) is 5.11 Å². The number of aliphatic carboxylic acids is 1. The SMILES string of the molecule is Br.CN(C)CC(=O)O. The number of hydrogen-bond acceptors (Lipinski definition) is 2. The molecule has 0 amide bonds. The van der Waals surface area contributed by atoms with Crippen molar-refractivity contribution >= 4 is 23.0 Å². The molecule has 0 radical (unpaired) electrons. The molecule has 8 heavy (non-hydrogen) atoms. The van der Waals surface area contributed by atoms with Crippen molar-refractivity contribution in [1.82, 2.24) is 4.90 Å². The molecule has 0 aliphatic heterocycles. The average molecular weight is 184 g/mol. The molecule has 1 N–H and O–H groups in total. The molecule has 0 spiro atoms. The lowest BCUT2D eigenvalue weighted by Crippen LogP contribution is -2.20. The average Bonchev–Trinajstić information content (AvgIpc) is 1.27. The molecule has 0 heterocycles. The van der Waals surface area contributed by atoms with Gasteiger partial charge in [-0.25, -0.2) is 0 Å². The monoisotopic (exact) mass is 183 g/mol. The zero-order valence-electron chi connectivity index (χ0n) is 4.92.